The van der Waals surface area contributed by atoms with Crippen molar-refractivity contribution in [3.63, 3.8) is 0 Å². The third-order valence-corrected chi connectivity index (χ3v) is 4.36. The fraction of sp³-hybridized carbons (Fsp3) is 0.118. The summed E-state index contributed by atoms with van der Waals surface area (Å²) >= 11 is 1.24. The number of carbonyl (C=O) groups excluding carboxylic acids is 2. The van der Waals surface area contributed by atoms with Crippen LogP contribution in [0.25, 0.3) is 11.1 Å². The van der Waals surface area contributed by atoms with E-state index in [1.165, 1.54) is 11.8 Å². The molecule has 1 amide bonds. The number of oxazole rings is 1. The van der Waals surface area contributed by atoms with Crippen LogP contribution < -0.4 is 10.1 Å². The standard InChI is InChI=1S/C17H12N2O4S/c20-13(9-24-17-19-11-3-1-2-4-15(11)23-17)10-5-6-14-12(7-10)18-16(21)8-22-14/h1-7H,8-9H2,(H,18,21). The maximum atomic E-state index is 12.4. The quantitative estimate of drug-likeness (QED) is 0.580. The molecular weight excluding hydrogens is 328 g/mol. The van der Waals surface area contributed by atoms with Crippen molar-refractivity contribution < 1.29 is 18.7 Å². The molecular formula is C17H12N2O4S. The van der Waals surface area contributed by atoms with E-state index in [-0.39, 0.29) is 24.1 Å². The van der Waals surface area contributed by atoms with Crippen molar-refractivity contribution in [3.05, 3.63) is 48.0 Å². The number of nitrogens with zero attached hydrogens (tertiary/aromatic N) is 1. The first-order valence-electron chi connectivity index (χ1n) is 7.27. The summed E-state index contributed by atoms with van der Waals surface area (Å²) in [6, 6.07) is 12.4. The summed E-state index contributed by atoms with van der Waals surface area (Å²) in [5.74, 6) is 0.455. The molecule has 3 aromatic rings. The molecule has 2 heterocycles. The van der Waals surface area contributed by atoms with Gasteiger partial charge in [0, 0.05) is 5.56 Å². The lowest BCUT2D eigenvalue weighted by molar-refractivity contribution is -0.118. The van der Waals surface area contributed by atoms with Gasteiger partial charge in [-0.3, -0.25) is 9.59 Å². The number of Topliss-reactive ketones (excluding diaryl/α,β-unsaturated/α-hetero) is 1. The van der Waals surface area contributed by atoms with E-state index in [0.29, 0.717) is 27.8 Å². The molecule has 24 heavy (non-hydrogen) atoms. The van der Waals surface area contributed by atoms with Gasteiger partial charge in [-0.25, -0.2) is 4.98 Å². The van der Waals surface area contributed by atoms with Crippen LogP contribution in [0, 0.1) is 0 Å². The third-order valence-electron chi connectivity index (χ3n) is 3.54. The van der Waals surface area contributed by atoms with E-state index in [1.54, 1.807) is 18.2 Å². The highest BCUT2D eigenvalue weighted by atomic mass is 32.2. The zero-order valence-electron chi connectivity index (χ0n) is 12.4. The molecule has 0 bridgehead atoms. The Kier molecular flexibility index (Phi) is 3.70. The number of thioether (sulfide) groups is 1. The Morgan fingerprint density at radius 1 is 1.25 bits per heavy atom. The minimum Gasteiger partial charge on any atom is -0.482 e. The molecule has 0 saturated heterocycles. The molecule has 120 valence electrons. The molecule has 2 aromatic carbocycles. The van der Waals surface area contributed by atoms with E-state index in [9.17, 15) is 9.59 Å². The number of carbonyl (C=O) groups is 2. The molecule has 0 spiro atoms. The van der Waals surface area contributed by atoms with Gasteiger partial charge in [0.15, 0.2) is 18.0 Å². The Bertz CT molecular complexity index is 918. The van der Waals surface area contributed by atoms with Crippen molar-refractivity contribution in [2.24, 2.45) is 0 Å². The molecule has 0 atom stereocenters. The van der Waals surface area contributed by atoms with Crippen molar-refractivity contribution in [2.75, 3.05) is 17.7 Å². The number of para-hydroxylation sites is 2. The monoisotopic (exact) mass is 340 g/mol. The van der Waals surface area contributed by atoms with Crippen LogP contribution in [-0.4, -0.2) is 29.0 Å². The van der Waals surface area contributed by atoms with Crippen LogP contribution in [0.3, 0.4) is 0 Å². The van der Waals surface area contributed by atoms with Crippen molar-refractivity contribution in [1.82, 2.24) is 4.98 Å². The number of amides is 1. The van der Waals surface area contributed by atoms with Crippen LogP contribution in [-0.2, 0) is 4.79 Å². The largest absolute Gasteiger partial charge is 0.482 e. The van der Waals surface area contributed by atoms with Gasteiger partial charge in [0.05, 0.1) is 11.4 Å². The topological polar surface area (TPSA) is 81.4 Å². The Morgan fingerprint density at radius 2 is 2.12 bits per heavy atom. The molecule has 1 aliphatic rings. The van der Waals surface area contributed by atoms with Crippen molar-refractivity contribution in [3.8, 4) is 5.75 Å². The van der Waals surface area contributed by atoms with Gasteiger partial charge in [0.2, 0.25) is 0 Å². The van der Waals surface area contributed by atoms with Gasteiger partial charge in [-0.05, 0) is 30.3 Å². The van der Waals surface area contributed by atoms with E-state index < -0.39 is 0 Å². The second-order valence-corrected chi connectivity index (χ2v) is 6.13. The molecule has 0 radical (unpaired) electrons. The van der Waals surface area contributed by atoms with Crippen LogP contribution in [0.2, 0.25) is 0 Å². The second kappa shape index (κ2) is 6.01. The van der Waals surface area contributed by atoms with Gasteiger partial charge in [0.1, 0.15) is 11.3 Å². The van der Waals surface area contributed by atoms with Gasteiger partial charge in [0.25, 0.3) is 11.1 Å². The summed E-state index contributed by atoms with van der Waals surface area (Å²) in [4.78, 5) is 28.0. The molecule has 0 unspecified atom stereocenters. The molecule has 0 fully saturated rings. The summed E-state index contributed by atoms with van der Waals surface area (Å²) < 4.78 is 10.9. The van der Waals surface area contributed by atoms with Crippen molar-refractivity contribution >= 4 is 40.2 Å². The average molecular weight is 340 g/mol. The number of fused-ring (bicyclic) bond motifs is 2. The number of aromatic nitrogens is 1. The van der Waals surface area contributed by atoms with Gasteiger partial charge in [-0.15, -0.1) is 0 Å². The molecule has 1 aliphatic heterocycles. The lowest BCUT2D eigenvalue weighted by Gasteiger charge is -2.18. The summed E-state index contributed by atoms with van der Waals surface area (Å²) in [5, 5.41) is 3.15. The number of ketones is 1. The van der Waals surface area contributed by atoms with E-state index in [2.05, 4.69) is 10.3 Å². The summed E-state index contributed by atoms with van der Waals surface area (Å²) in [6.07, 6.45) is 0. The molecule has 7 heteroatoms. The minimum absolute atomic E-state index is 0.00608. The van der Waals surface area contributed by atoms with Gasteiger partial charge >= 0.3 is 0 Å². The first-order valence-corrected chi connectivity index (χ1v) is 8.26. The van der Waals surface area contributed by atoms with Crippen LogP contribution in [0.4, 0.5) is 5.69 Å². The predicted octanol–water partition coefficient (Wildman–Crippen LogP) is 3.13. The number of benzene rings is 2. The smallest absolute Gasteiger partial charge is 0.262 e. The fourth-order valence-electron chi connectivity index (χ4n) is 2.38. The molecule has 1 aromatic heterocycles. The average Bonchev–Trinajstić information content (AvgIpc) is 3.02. The molecule has 0 aliphatic carbocycles. The minimum atomic E-state index is -0.229. The zero-order valence-corrected chi connectivity index (χ0v) is 13.3. The Labute approximate surface area is 141 Å². The highest BCUT2D eigenvalue weighted by Crippen LogP contribution is 2.29. The molecule has 0 saturated carbocycles. The summed E-state index contributed by atoms with van der Waals surface area (Å²) in [5.41, 5.74) is 2.48. The number of rotatable bonds is 4. The maximum absolute atomic E-state index is 12.4. The Morgan fingerprint density at radius 3 is 3.00 bits per heavy atom. The Hall–Kier alpha value is -2.80. The highest BCUT2D eigenvalue weighted by Gasteiger charge is 2.18. The number of nitrogens with one attached hydrogen (secondary N) is 1. The Balaban J connectivity index is 1.48. The maximum Gasteiger partial charge on any atom is 0.262 e. The molecule has 4 rings (SSSR count). The van der Waals surface area contributed by atoms with Crippen LogP contribution in [0.15, 0.2) is 52.1 Å². The zero-order chi connectivity index (χ0) is 16.5. The molecule has 1 N–H and O–H groups in total. The predicted molar refractivity (Wildman–Crippen MR) is 89.6 cm³/mol. The van der Waals surface area contributed by atoms with E-state index in [4.69, 9.17) is 9.15 Å². The fourth-order valence-corrected chi connectivity index (χ4v) is 3.11. The van der Waals surface area contributed by atoms with Gasteiger partial charge in [-0.2, -0.15) is 0 Å². The van der Waals surface area contributed by atoms with E-state index in [0.717, 1.165) is 5.52 Å². The summed E-state index contributed by atoms with van der Waals surface area (Å²) in [7, 11) is 0. The number of hydrogen-bond donors (Lipinski definition) is 1. The number of ether oxygens (including phenoxy) is 1. The van der Waals surface area contributed by atoms with Crippen molar-refractivity contribution in [1.29, 1.82) is 0 Å². The van der Waals surface area contributed by atoms with Crippen LogP contribution >= 0.6 is 11.8 Å². The van der Waals surface area contributed by atoms with Crippen LogP contribution in [0.1, 0.15) is 10.4 Å². The van der Waals surface area contributed by atoms with E-state index in [1.807, 2.05) is 24.3 Å². The van der Waals surface area contributed by atoms with E-state index >= 15 is 0 Å². The third kappa shape index (κ3) is 2.85. The van der Waals surface area contributed by atoms with Gasteiger partial charge < -0.3 is 14.5 Å². The second-order valence-electron chi connectivity index (χ2n) is 5.21. The van der Waals surface area contributed by atoms with Gasteiger partial charge in [-0.1, -0.05) is 23.9 Å². The SMILES string of the molecule is O=C1COc2ccc(C(=O)CSc3nc4ccccc4o3)cc2N1. The normalized spacial score (nSPS) is 13.2. The number of hydrogen-bond acceptors (Lipinski definition) is 6. The lowest BCUT2D eigenvalue weighted by Crippen LogP contribution is -2.25. The number of anilines is 1. The van der Waals surface area contributed by atoms with Crippen molar-refractivity contribution in [2.45, 2.75) is 5.22 Å². The summed E-state index contributed by atoms with van der Waals surface area (Å²) in [6.45, 7) is -0.00608. The first kappa shape index (κ1) is 14.8. The lowest BCUT2D eigenvalue weighted by atomic mass is 10.1. The first-order chi connectivity index (χ1) is 11.7. The highest BCUT2D eigenvalue weighted by molar-refractivity contribution is 7.99. The van der Waals surface area contributed by atoms with Crippen LogP contribution in [0.5, 0.6) is 5.75 Å². The molecule has 6 nitrogen and oxygen atoms in total.